The summed E-state index contributed by atoms with van der Waals surface area (Å²) >= 11 is 1.40. The summed E-state index contributed by atoms with van der Waals surface area (Å²) in [6.07, 6.45) is -6.99. The SMILES string of the molecule is COC(=O)C1OC(Oc2cc3c(c4ccccc24)CCN3C(=O)c2ccc(C)s2)C(OC(C)=O)C(OC=O)C1OC(C)=O. The fraction of sp³-hybridized carbons (Fsp3) is 0.367. The molecule has 5 rings (SSSR count). The molecule has 5 atom stereocenters. The molecule has 0 radical (unpaired) electrons. The van der Waals surface area contributed by atoms with E-state index >= 15 is 0 Å². The Balaban J connectivity index is 1.59. The lowest BCUT2D eigenvalue weighted by atomic mass is 9.97. The highest BCUT2D eigenvalue weighted by Gasteiger charge is 2.55. The van der Waals surface area contributed by atoms with E-state index < -0.39 is 48.6 Å². The lowest BCUT2D eigenvalue weighted by molar-refractivity contribution is -0.280. The molecular formula is C30H29NO11S. The van der Waals surface area contributed by atoms with Gasteiger partial charge < -0.3 is 33.3 Å². The zero-order valence-corrected chi connectivity index (χ0v) is 24.6. The highest BCUT2D eigenvalue weighted by molar-refractivity contribution is 7.14. The van der Waals surface area contributed by atoms with Gasteiger partial charge >= 0.3 is 17.9 Å². The van der Waals surface area contributed by atoms with Gasteiger partial charge in [-0.1, -0.05) is 24.3 Å². The Morgan fingerprint density at radius 2 is 1.67 bits per heavy atom. The smallest absolute Gasteiger partial charge is 0.339 e. The number of nitrogens with zero attached hydrogens (tertiary/aromatic N) is 1. The molecule has 13 heteroatoms. The van der Waals surface area contributed by atoms with E-state index in [1.165, 1.54) is 11.3 Å². The summed E-state index contributed by atoms with van der Waals surface area (Å²) in [6, 6.07) is 12.8. The lowest BCUT2D eigenvalue weighted by Crippen LogP contribution is -2.64. The van der Waals surface area contributed by atoms with Crippen molar-refractivity contribution in [3.63, 3.8) is 0 Å². The molecule has 2 aliphatic rings. The number of rotatable bonds is 8. The van der Waals surface area contributed by atoms with Crippen LogP contribution in [0.5, 0.6) is 5.75 Å². The number of aryl methyl sites for hydroxylation is 1. The van der Waals surface area contributed by atoms with Gasteiger partial charge in [0.2, 0.25) is 12.4 Å². The van der Waals surface area contributed by atoms with Gasteiger partial charge in [0.05, 0.1) is 17.7 Å². The number of ether oxygens (including phenoxy) is 6. The number of hydrogen-bond acceptors (Lipinski definition) is 12. The van der Waals surface area contributed by atoms with Gasteiger partial charge in [0.25, 0.3) is 12.4 Å². The summed E-state index contributed by atoms with van der Waals surface area (Å²) in [6.45, 7) is 4.69. The molecule has 1 fully saturated rings. The molecule has 2 aromatic carbocycles. The molecule has 2 aliphatic heterocycles. The Morgan fingerprint density at radius 3 is 2.30 bits per heavy atom. The third-order valence-corrected chi connectivity index (χ3v) is 8.14. The molecule has 226 valence electrons. The minimum atomic E-state index is -1.60. The van der Waals surface area contributed by atoms with Crippen LogP contribution in [0, 0.1) is 6.92 Å². The fourth-order valence-corrected chi connectivity index (χ4v) is 6.24. The van der Waals surface area contributed by atoms with Crippen LogP contribution in [0.4, 0.5) is 5.69 Å². The van der Waals surface area contributed by atoms with Gasteiger partial charge in [0.1, 0.15) is 5.75 Å². The number of benzene rings is 2. The average Bonchev–Trinajstić information content (AvgIpc) is 3.61. The zero-order chi connectivity index (χ0) is 30.8. The van der Waals surface area contributed by atoms with Gasteiger partial charge in [0.15, 0.2) is 18.3 Å². The Kier molecular flexibility index (Phi) is 8.64. The predicted molar refractivity (Wildman–Crippen MR) is 152 cm³/mol. The van der Waals surface area contributed by atoms with Crippen LogP contribution in [0.1, 0.15) is 34.0 Å². The van der Waals surface area contributed by atoms with Crippen LogP contribution in [-0.4, -0.2) is 74.6 Å². The van der Waals surface area contributed by atoms with Crippen LogP contribution in [-0.2, 0) is 49.3 Å². The second-order valence-corrected chi connectivity index (χ2v) is 11.2. The summed E-state index contributed by atoms with van der Waals surface area (Å²) in [5.41, 5.74) is 1.59. The predicted octanol–water partition coefficient (Wildman–Crippen LogP) is 3.09. The first-order chi connectivity index (χ1) is 20.6. The van der Waals surface area contributed by atoms with Crippen LogP contribution in [0.15, 0.2) is 42.5 Å². The Hall–Kier alpha value is -4.49. The van der Waals surface area contributed by atoms with Crippen LogP contribution in [0.2, 0.25) is 0 Å². The number of esters is 3. The van der Waals surface area contributed by atoms with E-state index in [-0.39, 0.29) is 18.1 Å². The van der Waals surface area contributed by atoms with E-state index in [0.29, 0.717) is 28.9 Å². The Bertz CT molecular complexity index is 1580. The van der Waals surface area contributed by atoms with Gasteiger partial charge in [-0.2, -0.15) is 0 Å². The third kappa shape index (κ3) is 5.90. The normalized spacial score (nSPS) is 22.8. The summed E-state index contributed by atoms with van der Waals surface area (Å²) in [5.74, 6) is -2.43. The number of thiophene rings is 1. The minimum absolute atomic E-state index is 0.0783. The van der Waals surface area contributed by atoms with Gasteiger partial charge in [-0.25, -0.2) is 4.79 Å². The summed E-state index contributed by atoms with van der Waals surface area (Å²) in [5, 5.41) is 1.49. The molecular weight excluding hydrogens is 582 g/mol. The van der Waals surface area contributed by atoms with E-state index in [0.717, 1.165) is 36.8 Å². The second kappa shape index (κ2) is 12.4. The van der Waals surface area contributed by atoms with Crippen molar-refractivity contribution in [3.8, 4) is 5.75 Å². The van der Waals surface area contributed by atoms with Crippen LogP contribution >= 0.6 is 11.3 Å². The van der Waals surface area contributed by atoms with Crippen molar-refractivity contribution in [2.45, 2.75) is 57.9 Å². The molecule has 0 spiro atoms. The first-order valence-corrected chi connectivity index (χ1v) is 14.2. The quantitative estimate of drug-likeness (QED) is 0.211. The molecule has 5 unspecified atom stereocenters. The van der Waals surface area contributed by atoms with E-state index in [4.69, 9.17) is 28.4 Å². The largest absolute Gasteiger partial charge is 0.467 e. The van der Waals surface area contributed by atoms with E-state index in [1.807, 2.05) is 37.3 Å². The van der Waals surface area contributed by atoms with E-state index in [1.54, 1.807) is 17.0 Å². The number of amides is 1. The summed E-state index contributed by atoms with van der Waals surface area (Å²) in [7, 11) is 1.11. The Labute approximate surface area is 250 Å². The van der Waals surface area contributed by atoms with Crippen molar-refractivity contribution in [3.05, 3.63) is 57.8 Å². The van der Waals surface area contributed by atoms with Gasteiger partial charge in [-0.3, -0.25) is 19.2 Å². The molecule has 1 aromatic heterocycles. The number of fused-ring (bicyclic) bond motifs is 3. The van der Waals surface area contributed by atoms with Crippen molar-refractivity contribution in [1.29, 1.82) is 0 Å². The zero-order valence-electron chi connectivity index (χ0n) is 23.8. The first-order valence-electron chi connectivity index (χ1n) is 13.4. The van der Waals surface area contributed by atoms with E-state index in [9.17, 15) is 24.0 Å². The topological polar surface area (TPSA) is 144 Å². The number of methoxy groups -OCH3 is 1. The van der Waals surface area contributed by atoms with Crippen molar-refractivity contribution >= 4 is 58.1 Å². The first kappa shape index (κ1) is 30.0. The van der Waals surface area contributed by atoms with Crippen LogP contribution < -0.4 is 9.64 Å². The second-order valence-electron chi connectivity index (χ2n) is 9.95. The Morgan fingerprint density at radius 1 is 0.977 bits per heavy atom. The highest BCUT2D eigenvalue weighted by atomic mass is 32.1. The number of carbonyl (C=O) groups excluding carboxylic acids is 5. The molecule has 1 amide bonds. The third-order valence-electron chi connectivity index (χ3n) is 7.16. The van der Waals surface area contributed by atoms with Gasteiger partial charge in [-0.05, 0) is 36.4 Å². The summed E-state index contributed by atoms with van der Waals surface area (Å²) in [4.78, 5) is 65.2. The van der Waals surface area contributed by atoms with Gasteiger partial charge in [-0.15, -0.1) is 11.3 Å². The molecule has 1 saturated heterocycles. The number of anilines is 1. The maximum Gasteiger partial charge on any atom is 0.339 e. The maximum absolute atomic E-state index is 13.5. The fourth-order valence-electron chi connectivity index (χ4n) is 5.42. The number of hydrogen-bond donors (Lipinski definition) is 0. The molecule has 12 nitrogen and oxygen atoms in total. The molecule has 43 heavy (non-hydrogen) atoms. The van der Waals surface area contributed by atoms with Crippen molar-refractivity contribution in [2.24, 2.45) is 0 Å². The molecule has 0 aliphatic carbocycles. The minimum Gasteiger partial charge on any atom is -0.467 e. The maximum atomic E-state index is 13.5. The average molecular weight is 612 g/mol. The van der Waals surface area contributed by atoms with Crippen LogP contribution in [0.25, 0.3) is 10.8 Å². The lowest BCUT2D eigenvalue weighted by Gasteiger charge is -2.42. The van der Waals surface area contributed by atoms with Crippen molar-refractivity contribution < 1.29 is 52.4 Å². The van der Waals surface area contributed by atoms with Crippen molar-refractivity contribution in [2.75, 3.05) is 18.6 Å². The molecule has 0 saturated carbocycles. The number of carbonyl (C=O) groups is 5. The summed E-state index contributed by atoms with van der Waals surface area (Å²) < 4.78 is 33.1. The van der Waals surface area contributed by atoms with E-state index in [2.05, 4.69) is 0 Å². The van der Waals surface area contributed by atoms with Crippen molar-refractivity contribution in [1.82, 2.24) is 0 Å². The van der Waals surface area contributed by atoms with Crippen LogP contribution in [0.3, 0.4) is 0 Å². The molecule has 0 bridgehead atoms. The standard InChI is InChI=1S/C30H29NO11S/c1-15-9-10-23(43-15)28(35)31-12-11-19-18-7-5-6-8-20(18)22(13-21(19)31)41-30-27(40-17(3)34)24(38-14-32)25(39-16(2)33)26(42-30)29(36)37-4/h5-10,13-14,24-27,30H,11-12H2,1-4H3. The highest BCUT2D eigenvalue weighted by Crippen LogP contribution is 2.42. The molecule has 0 N–H and O–H groups in total. The monoisotopic (exact) mass is 611 g/mol. The molecule has 3 heterocycles. The van der Waals surface area contributed by atoms with Gasteiger partial charge in [0, 0.05) is 36.7 Å². The molecule has 3 aromatic rings.